The molecule has 1 fully saturated rings. The van der Waals surface area contributed by atoms with E-state index in [0.29, 0.717) is 0 Å². The summed E-state index contributed by atoms with van der Waals surface area (Å²) in [7, 11) is 2.02. The highest BCUT2D eigenvalue weighted by atomic mass is 15.3. The first kappa shape index (κ1) is 12.6. The van der Waals surface area contributed by atoms with Gasteiger partial charge in [0.1, 0.15) is 5.82 Å². The summed E-state index contributed by atoms with van der Waals surface area (Å²) in [5.41, 5.74) is 0. The predicted molar refractivity (Wildman–Crippen MR) is 71.5 cm³/mol. The molecule has 0 unspecified atom stereocenters. The summed E-state index contributed by atoms with van der Waals surface area (Å²) >= 11 is 0. The highest BCUT2D eigenvalue weighted by Gasteiger charge is 2.20. The van der Waals surface area contributed by atoms with Gasteiger partial charge in [-0.05, 0) is 25.8 Å². The Hall–Kier alpha value is -1.83. The van der Waals surface area contributed by atoms with Crippen LogP contribution in [-0.4, -0.2) is 36.6 Å². The molecule has 5 nitrogen and oxygen atoms in total. The van der Waals surface area contributed by atoms with Crippen molar-refractivity contribution in [3.8, 4) is 6.07 Å². The SMILES string of the molecule is CCN(C)c1ccnc(N2CCC(C#N)CC2)n1. The van der Waals surface area contributed by atoms with Gasteiger partial charge in [-0.2, -0.15) is 10.2 Å². The van der Waals surface area contributed by atoms with Crippen LogP contribution in [-0.2, 0) is 0 Å². The van der Waals surface area contributed by atoms with E-state index in [9.17, 15) is 0 Å². The van der Waals surface area contributed by atoms with Crippen molar-refractivity contribution in [2.75, 3.05) is 36.5 Å². The molecule has 0 aromatic carbocycles. The number of nitriles is 1. The predicted octanol–water partition coefficient (Wildman–Crippen LogP) is 1.67. The molecule has 0 aliphatic carbocycles. The van der Waals surface area contributed by atoms with Gasteiger partial charge in [0.25, 0.3) is 0 Å². The van der Waals surface area contributed by atoms with E-state index >= 15 is 0 Å². The number of anilines is 2. The van der Waals surface area contributed by atoms with E-state index in [0.717, 1.165) is 44.2 Å². The van der Waals surface area contributed by atoms with Crippen molar-refractivity contribution in [2.45, 2.75) is 19.8 Å². The third-order valence-corrected chi connectivity index (χ3v) is 3.45. The van der Waals surface area contributed by atoms with Gasteiger partial charge in [0, 0.05) is 38.8 Å². The number of hydrogen-bond donors (Lipinski definition) is 0. The van der Waals surface area contributed by atoms with Crippen molar-refractivity contribution in [1.29, 1.82) is 5.26 Å². The fourth-order valence-corrected chi connectivity index (χ4v) is 2.07. The number of piperidine rings is 1. The van der Waals surface area contributed by atoms with Crippen LogP contribution < -0.4 is 9.80 Å². The molecule has 1 saturated heterocycles. The molecule has 1 aromatic heterocycles. The summed E-state index contributed by atoms with van der Waals surface area (Å²) in [5, 5.41) is 8.89. The topological polar surface area (TPSA) is 56.1 Å². The molecule has 1 aliphatic rings. The number of hydrogen-bond acceptors (Lipinski definition) is 5. The van der Waals surface area contributed by atoms with Crippen molar-refractivity contribution in [3.63, 3.8) is 0 Å². The van der Waals surface area contributed by atoms with Crippen molar-refractivity contribution in [2.24, 2.45) is 5.92 Å². The number of nitrogens with zero attached hydrogens (tertiary/aromatic N) is 5. The molecule has 1 aliphatic heterocycles. The van der Waals surface area contributed by atoms with Crippen LogP contribution in [0.15, 0.2) is 12.3 Å². The van der Waals surface area contributed by atoms with Gasteiger partial charge in [-0.25, -0.2) is 4.98 Å². The molecule has 96 valence electrons. The second-order valence-corrected chi connectivity index (χ2v) is 4.62. The van der Waals surface area contributed by atoms with Gasteiger partial charge < -0.3 is 9.80 Å². The molecule has 0 atom stereocenters. The van der Waals surface area contributed by atoms with Gasteiger partial charge in [-0.3, -0.25) is 0 Å². The maximum absolute atomic E-state index is 8.89. The zero-order chi connectivity index (χ0) is 13.0. The lowest BCUT2D eigenvalue weighted by Gasteiger charge is -2.29. The zero-order valence-corrected chi connectivity index (χ0v) is 11.0. The third-order valence-electron chi connectivity index (χ3n) is 3.45. The smallest absolute Gasteiger partial charge is 0.227 e. The lowest BCUT2D eigenvalue weighted by atomic mass is 9.99. The average molecular weight is 245 g/mol. The van der Waals surface area contributed by atoms with E-state index in [2.05, 4.69) is 32.8 Å². The number of rotatable bonds is 3. The first-order chi connectivity index (χ1) is 8.74. The third kappa shape index (κ3) is 2.70. The van der Waals surface area contributed by atoms with Crippen molar-refractivity contribution >= 4 is 11.8 Å². The molecule has 2 rings (SSSR count). The lowest BCUT2D eigenvalue weighted by Crippen LogP contribution is -2.34. The molecule has 0 N–H and O–H groups in total. The standard InChI is InChI=1S/C13H19N5/c1-3-17(2)12-4-7-15-13(16-12)18-8-5-11(10-14)6-9-18/h4,7,11H,3,5-6,8-9H2,1-2H3. The molecule has 0 radical (unpaired) electrons. The fraction of sp³-hybridized carbons (Fsp3) is 0.615. The highest BCUT2D eigenvalue weighted by molar-refractivity contribution is 5.43. The van der Waals surface area contributed by atoms with Crippen LogP contribution in [0.5, 0.6) is 0 Å². The van der Waals surface area contributed by atoms with Crippen LogP contribution in [0.3, 0.4) is 0 Å². The van der Waals surface area contributed by atoms with E-state index in [1.54, 1.807) is 6.20 Å². The molecule has 2 heterocycles. The van der Waals surface area contributed by atoms with Gasteiger partial charge in [0.05, 0.1) is 6.07 Å². The Bertz CT molecular complexity index is 431. The largest absolute Gasteiger partial charge is 0.360 e. The minimum Gasteiger partial charge on any atom is -0.360 e. The monoisotopic (exact) mass is 245 g/mol. The Morgan fingerprint density at radius 3 is 2.83 bits per heavy atom. The summed E-state index contributed by atoms with van der Waals surface area (Å²) in [6.07, 6.45) is 3.63. The second-order valence-electron chi connectivity index (χ2n) is 4.62. The normalized spacial score (nSPS) is 16.4. The van der Waals surface area contributed by atoms with Gasteiger partial charge >= 0.3 is 0 Å². The summed E-state index contributed by atoms with van der Waals surface area (Å²) in [5.74, 6) is 1.93. The van der Waals surface area contributed by atoms with Crippen molar-refractivity contribution in [1.82, 2.24) is 9.97 Å². The Morgan fingerprint density at radius 2 is 2.22 bits per heavy atom. The summed E-state index contributed by atoms with van der Waals surface area (Å²) < 4.78 is 0. The van der Waals surface area contributed by atoms with E-state index in [4.69, 9.17) is 5.26 Å². The molecular weight excluding hydrogens is 226 g/mol. The first-order valence-corrected chi connectivity index (χ1v) is 6.43. The number of aromatic nitrogens is 2. The van der Waals surface area contributed by atoms with Crippen LogP contribution in [0.25, 0.3) is 0 Å². The van der Waals surface area contributed by atoms with Crippen LogP contribution in [0, 0.1) is 17.2 Å². The second kappa shape index (κ2) is 5.67. The molecule has 0 bridgehead atoms. The van der Waals surface area contributed by atoms with Crippen molar-refractivity contribution in [3.05, 3.63) is 12.3 Å². The Morgan fingerprint density at radius 1 is 1.50 bits per heavy atom. The molecule has 0 amide bonds. The minimum absolute atomic E-state index is 0.197. The molecular formula is C13H19N5. The van der Waals surface area contributed by atoms with E-state index in [1.165, 1.54) is 0 Å². The Kier molecular flexibility index (Phi) is 3.98. The van der Waals surface area contributed by atoms with E-state index < -0.39 is 0 Å². The van der Waals surface area contributed by atoms with Gasteiger partial charge in [0.2, 0.25) is 5.95 Å². The molecule has 0 saturated carbocycles. The lowest BCUT2D eigenvalue weighted by molar-refractivity contribution is 0.482. The van der Waals surface area contributed by atoms with Crippen LogP contribution in [0.1, 0.15) is 19.8 Å². The fourth-order valence-electron chi connectivity index (χ4n) is 2.07. The minimum atomic E-state index is 0.197. The van der Waals surface area contributed by atoms with Gasteiger partial charge in [0.15, 0.2) is 0 Å². The maximum Gasteiger partial charge on any atom is 0.227 e. The molecule has 5 heteroatoms. The van der Waals surface area contributed by atoms with E-state index in [-0.39, 0.29) is 5.92 Å². The van der Waals surface area contributed by atoms with E-state index in [1.807, 2.05) is 13.1 Å². The Labute approximate surface area is 108 Å². The summed E-state index contributed by atoms with van der Waals surface area (Å²) in [6, 6.07) is 4.26. The van der Waals surface area contributed by atoms with Crippen LogP contribution in [0.4, 0.5) is 11.8 Å². The average Bonchev–Trinajstić information content (AvgIpc) is 2.46. The highest BCUT2D eigenvalue weighted by Crippen LogP contribution is 2.21. The van der Waals surface area contributed by atoms with Gasteiger partial charge in [-0.15, -0.1) is 0 Å². The Balaban J connectivity index is 2.08. The quantitative estimate of drug-likeness (QED) is 0.810. The van der Waals surface area contributed by atoms with Crippen LogP contribution in [0.2, 0.25) is 0 Å². The molecule has 18 heavy (non-hydrogen) atoms. The van der Waals surface area contributed by atoms with Crippen LogP contribution >= 0.6 is 0 Å². The molecule has 1 aromatic rings. The first-order valence-electron chi connectivity index (χ1n) is 6.43. The maximum atomic E-state index is 8.89. The summed E-state index contributed by atoms with van der Waals surface area (Å²) in [6.45, 7) is 4.77. The van der Waals surface area contributed by atoms with Crippen molar-refractivity contribution < 1.29 is 0 Å². The zero-order valence-electron chi connectivity index (χ0n) is 11.0. The van der Waals surface area contributed by atoms with Gasteiger partial charge in [-0.1, -0.05) is 0 Å². The molecule has 0 spiro atoms. The summed E-state index contributed by atoms with van der Waals surface area (Å²) in [4.78, 5) is 13.2.